The molecule has 0 saturated carbocycles. The third-order valence-corrected chi connectivity index (χ3v) is 4.90. The van der Waals surface area contributed by atoms with Gasteiger partial charge in [0.05, 0.1) is 16.2 Å². The van der Waals surface area contributed by atoms with Crippen molar-refractivity contribution in [2.45, 2.75) is 6.04 Å². The van der Waals surface area contributed by atoms with Crippen LogP contribution in [-0.2, 0) is 0 Å². The predicted octanol–water partition coefficient (Wildman–Crippen LogP) is 1.44. The number of amides is 2. The van der Waals surface area contributed by atoms with Gasteiger partial charge in [-0.1, -0.05) is 12.2 Å². The molecule has 2 aliphatic heterocycles. The Morgan fingerprint density at radius 2 is 2.24 bits per heavy atom. The number of carbonyl (C=O) groups excluding carboxylic acids is 1. The number of carbonyl (C=O) groups is 1. The first-order chi connectivity index (χ1) is 9.99. The van der Waals surface area contributed by atoms with Crippen LogP contribution in [0.3, 0.4) is 0 Å². The molecule has 0 aliphatic carbocycles. The van der Waals surface area contributed by atoms with Gasteiger partial charge in [0, 0.05) is 31.7 Å². The molecule has 2 aliphatic rings. The number of nitrogens with two attached hydrogens (primary N) is 1. The highest BCUT2D eigenvalue weighted by Gasteiger charge is 2.36. The molecule has 0 bridgehead atoms. The van der Waals surface area contributed by atoms with E-state index in [0.29, 0.717) is 37.4 Å². The van der Waals surface area contributed by atoms with E-state index in [1.165, 1.54) is 0 Å². The molecule has 3 rings (SSSR count). The van der Waals surface area contributed by atoms with Crippen LogP contribution in [0.15, 0.2) is 16.6 Å². The van der Waals surface area contributed by atoms with E-state index in [4.69, 9.17) is 18.0 Å². The van der Waals surface area contributed by atoms with Gasteiger partial charge in [0.15, 0.2) is 5.82 Å². The van der Waals surface area contributed by atoms with Crippen LogP contribution < -0.4 is 16.0 Å². The molecular formula is C13H14BrFN4OS. The lowest BCUT2D eigenvalue weighted by molar-refractivity contribution is 0.197. The average molecular weight is 373 g/mol. The molecule has 0 radical (unpaired) electrons. The first kappa shape index (κ1) is 14.5. The minimum atomic E-state index is -0.369. The van der Waals surface area contributed by atoms with Gasteiger partial charge >= 0.3 is 6.03 Å². The number of urea groups is 1. The van der Waals surface area contributed by atoms with Gasteiger partial charge in [0.25, 0.3) is 0 Å². The molecule has 21 heavy (non-hydrogen) atoms. The van der Waals surface area contributed by atoms with Crippen LogP contribution >= 0.6 is 28.1 Å². The summed E-state index contributed by atoms with van der Waals surface area (Å²) in [7, 11) is 0. The number of hydrogen-bond acceptors (Lipinski definition) is 3. The van der Waals surface area contributed by atoms with E-state index in [0.717, 1.165) is 0 Å². The Bertz CT molecular complexity index is 626. The third-order valence-electron chi connectivity index (χ3n) is 3.90. The maximum Gasteiger partial charge on any atom is 0.317 e. The fourth-order valence-electron chi connectivity index (χ4n) is 2.80. The van der Waals surface area contributed by atoms with E-state index in [9.17, 15) is 9.18 Å². The summed E-state index contributed by atoms with van der Waals surface area (Å²) in [6.07, 6.45) is 0. The van der Waals surface area contributed by atoms with Gasteiger partial charge in [-0.3, -0.25) is 0 Å². The highest BCUT2D eigenvalue weighted by atomic mass is 79.9. The fourth-order valence-corrected chi connectivity index (χ4v) is 3.65. The first-order valence-corrected chi connectivity index (χ1v) is 7.76. The zero-order valence-electron chi connectivity index (χ0n) is 11.1. The topological polar surface area (TPSA) is 61.6 Å². The monoisotopic (exact) mass is 372 g/mol. The van der Waals surface area contributed by atoms with Crippen LogP contribution in [0.5, 0.6) is 0 Å². The Morgan fingerprint density at radius 3 is 2.95 bits per heavy atom. The predicted molar refractivity (Wildman–Crippen MR) is 86.1 cm³/mol. The lowest BCUT2D eigenvalue weighted by Crippen LogP contribution is -2.52. The van der Waals surface area contributed by atoms with Crippen LogP contribution in [0, 0.1) is 5.82 Å². The molecule has 2 amide bonds. The maximum atomic E-state index is 14.5. The molecule has 1 unspecified atom stereocenters. The van der Waals surface area contributed by atoms with Crippen molar-refractivity contribution in [2.24, 2.45) is 5.73 Å². The van der Waals surface area contributed by atoms with Crippen LogP contribution in [0.4, 0.5) is 14.9 Å². The van der Waals surface area contributed by atoms with Crippen molar-refractivity contribution < 1.29 is 9.18 Å². The van der Waals surface area contributed by atoms with Crippen LogP contribution in [-0.4, -0.2) is 48.1 Å². The molecule has 3 N–H and O–H groups in total. The standard InChI is InChI=1S/C13H14BrFN4OS/c14-10-8(12(16)21)1-2-9(11(10)15)18-3-4-19-7(6-18)5-17-13(19)20/h1-2,7H,3-6H2,(H2,16,21)(H,17,20). The van der Waals surface area contributed by atoms with Gasteiger partial charge < -0.3 is 20.9 Å². The lowest BCUT2D eigenvalue weighted by atomic mass is 10.1. The van der Waals surface area contributed by atoms with Crippen LogP contribution in [0.2, 0.25) is 0 Å². The van der Waals surface area contributed by atoms with E-state index >= 15 is 0 Å². The zero-order chi connectivity index (χ0) is 15.1. The van der Waals surface area contributed by atoms with Crippen molar-refractivity contribution >= 4 is 44.9 Å². The molecule has 2 heterocycles. The minimum absolute atomic E-state index is 0.0369. The van der Waals surface area contributed by atoms with Crippen molar-refractivity contribution in [3.63, 3.8) is 0 Å². The Hall–Kier alpha value is -1.41. The Morgan fingerprint density at radius 1 is 1.48 bits per heavy atom. The average Bonchev–Trinajstić information content (AvgIpc) is 2.82. The van der Waals surface area contributed by atoms with Gasteiger partial charge in [-0.05, 0) is 28.1 Å². The SMILES string of the molecule is NC(=S)c1ccc(N2CCN3C(=O)NCC3C2)c(F)c1Br. The molecule has 8 heteroatoms. The van der Waals surface area contributed by atoms with Gasteiger partial charge in [-0.25, -0.2) is 9.18 Å². The third kappa shape index (κ3) is 2.46. The number of halogens is 2. The highest BCUT2D eigenvalue weighted by Crippen LogP contribution is 2.31. The van der Waals surface area contributed by atoms with Gasteiger partial charge in [0.1, 0.15) is 4.99 Å². The summed E-state index contributed by atoms with van der Waals surface area (Å²) in [4.78, 5) is 15.5. The summed E-state index contributed by atoms with van der Waals surface area (Å²) in [5.74, 6) is -0.369. The van der Waals surface area contributed by atoms with E-state index in [-0.39, 0.29) is 27.4 Å². The second-order valence-electron chi connectivity index (χ2n) is 5.10. The number of hydrogen-bond donors (Lipinski definition) is 2. The number of benzene rings is 1. The highest BCUT2D eigenvalue weighted by molar-refractivity contribution is 9.10. The summed E-state index contributed by atoms with van der Waals surface area (Å²) in [5.41, 5.74) is 6.56. The molecular weight excluding hydrogens is 359 g/mol. The molecule has 2 saturated heterocycles. The van der Waals surface area contributed by atoms with Gasteiger partial charge in [-0.2, -0.15) is 0 Å². The van der Waals surface area contributed by atoms with Gasteiger partial charge in [0.2, 0.25) is 0 Å². The summed E-state index contributed by atoms with van der Waals surface area (Å²) < 4.78 is 14.8. The number of anilines is 1. The molecule has 5 nitrogen and oxygen atoms in total. The van der Waals surface area contributed by atoms with Crippen molar-refractivity contribution in [3.8, 4) is 0 Å². The van der Waals surface area contributed by atoms with Crippen molar-refractivity contribution in [1.82, 2.24) is 10.2 Å². The Kier molecular flexibility index (Phi) is 3.75. The second kappa shape index (κ2) is 5.42. The van der Waals surface area contributed by atoms with E-state index in [1.54, 1.807) is 17.0 Å². The molecule has 0 aromatic heterocycles. The number of thiocarbonyl (C=S) groups is 1. The largest absolute Gasteiger partial charge is 0.389 e. The Balaban J connectivity index is 1.87. The Labute approximate surface area is 135 Å². The molecule has 1 atom stereocenters. The molecule has 0 spiro atoms. The number of rotatable bonds is 2. The number of piperazine rings is 1. The molecule has 1 aromatic rings. The first-order valence-electron chi connectivity index (χ1n) is 6.56. The number of fused-ring (bicyclic) bond motifs is 1. The smallest absolute Gasteiger partial charge is 0.317 e. The maximum absolute atomic E-state index is 14.5. The minimum Gasteiger partial charge on any atom is -0.389 e. The van der Waals surface area contributed by atoms with Crippen molar-refractivity contribution in [1.29, 1.82) is 0 Å². The molecule has 112 valence electrons. The summed E-state index contributed by atoms with van der Waals surface area (Å²) in [5, 5.41) is 2.81. The normalized spacial score (nSPS) is 21.2. The van der Waals surface area contributed by atoms with Gasteiger partial charge in [-0.15, -0.1) is 0 Å². The van der Waals surface area contributed by atoms with Crippen LogP contribution in [0.1, 0.15) is 5.56 Å². The quantitative estimate of drug-likeness (QED) is 0.771. The summed E-state index contributed by atoms with van der Waals surface area (Å²) >= 11 is 8.12. The van der Waals surface area contributed by atoms with Crippen molar-refractivity contribution in [3.05, 3.63) is 28.0 Å². The number of nitrogens with one attached hydrogen (secondary N) is 1. The molecule has 2 fully saturated rings. The van der Waals surface area contributed by atoms with E-state index in [1.807, 2.05) is 4.90 Å². The van der Waals surface area contributed by atoms with Crippen LogP contribution in [0.25, 0.3) is 0 Å². The van der Waals surface area contributed by atoms with Crippen molar-refractivity contribution in [2.75, 3.05) is 31.1 Å². The summed E-state index contributed by atoms with van der Waals surface area (Å²) in [6.45, 7) is 2.39. The summed E-state index contributed by atoms with van der Waals surface area (Å²) in [6, 6.07) is 3.45. The van der Waals surface area contributed by atoms with E-state index in [2.05, 4.69) is 21.2 Å². The second-order valence-corrected chi connectivity index (χ2v) is 6.34. The molecule has 1 aromatic carbocycles. The number of nitrogens with zero attached hydrogens (tertiary/aromatic N) is 2. The van der Waals surface area contributed by atoms with E-state index < -0.39 is 0 Å². The zero-order valence-corrected chi connectivity index (χ0v) is 13.5. The lowest BCUT2D eigenvalue weighted by Gasteiger charge is -2.38. The fraction of sp³-hybridized carbons (Fsp3) is 0.385.